The van der Waals surface area contributed by atoms with Crippen molar-refractivity contribution in [3.05, 3.63) is 29.8 Å². The Balaban J connectivity index is 2.01. The number of nitrogens with zero attached hydrogens (tertiary/aromatic N) is 1. The van der Waals surface area contributed by atoms with E-state index in [2.05, 4.69) is 36.9 Å². The number of carbonyl (C=O) groups is 1. The van der Waals surface area contributed by atoms with E-state index in [0.717, 1.165) is 4.31 Å². The minimum absolute atomic E-state index is 0.0353. The standard InChI is InChI=1S/C18H30N4O3S/c1-12-17(13(2)21-20-12)26(24,25)22(6)11-16(23)19-15-9-7-14(8-10-15)18(3,4)5/h7-10,12-13,17,20-21H,11H2,1-6H3,(H,19,23). The third-order valence-corrected chi connectivity index (χ3v) is 7.21. The Morgan fingerprint density at radius 3 is 2.08 bits per heavy atom. The van der Waals surface area contributed by atoms with Crippen LogP contribution in [0, 0.1) is 0 Å². The Hall–Kier alpha value is -1.48. The Labute approximate surface area is 156 Å². The zero-order chi connectivity index (χ0) is 19.7. The molecule has 1 saturated heterocycles. The highest BCUT2D eigenvalue weighted by Crippen LogP contribution is 2.23. The summed E-state index contributed by atoms with van der Waals surface area (Å²) in [5, 5.41) is 2.14. The molecular weight excluding hydrogens is 352 g/mol. The molecule has 0 saturated carbocycles. The molecule has 26 heavy (non-hydrogen) atoms. The first-order chi connectivity index (χ1) is 11.9. The van der Waals surface area contributed by atoms with Gasteiger partial charge in [0.1, 0.15) is 5.25 Å². The Morgan fingerprint density at radius 1 is 1.12 bits per heavy atom. The summed E-state index contributed by atoms with van der Waals surface area (Å²) in [6.07, 6.45) is 0. The van der Waals surface area contributed by atoms with Crippen molar-refractivity contribution in [2.75, 3.05) is 18.9 Å². The van der Waals surface area contributed by atoms with Gasteiger partial charge in [-0.15, -0.1) is 0 Å². The maximum atomic E-state index is 12.8. The number of likely N-dealkylation sites (N-methyl/N-ethyl adjacent to an activating group) is 1. The predicted octanol–water partition coefficient (Wildman–Crippen LogP) is 1.44. The third kappa shape index (κ3) is 4.62. The average Bonchev–Trinajstić information content (AvgIpc) is 2.86. The van der Waals surface area contributed by atoms with E-state index in [0.29, 0.717) is 5.69 Å². The maximum absolute atomic E-state index is 12.8. The first kappa shape index (κ1) is 20.8. The number of hydrogen-bond acceptors (Lipinski definition) is 5. The van der Waals surface area contributed by atoms with E-state index in [4.69, 9.17) is 0 Å². The van der Waals surface area contributed by atoms with E-state index in [1.54, 1.807) is 0 Å². The summed E-state index contributed by atoms with van der Waals surface area (Å²) in [6, 6.07) is 7.14. The summed E-state index contributed by atoms with van der Waals surface area (Å²) in [5.74, 6) is -0.362. The second-order valence-corrected chi connectivity index (χ2v) is 10.2. The molecule has 2 unspecified atom stereocenters. The van der Waals surface area contributed by atoms with Gasteiger partial charge in [0.2, 0.25) is 15.9 Å². The average molecular weight is 383 g/mol. The lowest BCUT2D eigenvalue weighted by Gasteiger charge is -2.25. The summed E-state index contributed by atoms with van der Waals surface area (Å²) < 4.78 is 26.6. The van der Waals surface area contributed by atoms with Gasteiger partial charge >= 0.3 is 0 Å². The number of carbonyl (C=O) groups excluding carboxylic acids is 1. The van der Waals surface area contributed by atoms with E-state index in [9.17, 15) is 13.2 Å². The van der Waals surface area contributed by atoms with Crippen LogP contribution in [0.15, 0.2) is 24.3 Å². The molecule has 3 N–H and O–H groups in total. The number of hydrogen-bond donors (Lipinski definition) is 3. The van der Waals surface area contributed by atoms with Gasteiger partial charge in [0.05, 0.1) is 6.54 Å². The van der Waals surface area contributed by atoms with Gasteiger partial charge in [-0.2, -0.15) is 4.31 Å². The molecule has 1 aromatic rings. The van der Waals surface area contributed by atoms with Gasteiger partial charge in [0, 0.05) is 24.8 Å². The Morgan fingerprint density at radius 2 is 1.62 bits per heavy atom. The van der Waals surface area contributed by atoms with Gasteiger partial charge in [0.25, 0.3) is 0 Å². The van der Waals surface area contributed by atoms with Gasteiger partial charge in [-0.1, -0.05) is 32.9 Å². The molecule has 1 aliphatic rings. The molecule has 1 heterocycles. The first-order valence-electron chi connectivity index (χ1n) is 8.79. The molecule has 0 aromatic heterocycles. The smallest absolute Gasteiger partial charge is 0.239 e. The molecule has 0 bridgehead atoms. The summed E-state index contributed by atoms with van der Waals surface area (Å²) >= 11 is 0. The summed E-state index contributed by atoms with van der Waals surface area (Å²) in [5.41, 5.74) is 7.72. The van der Waals surface area contributed by atoms with Crippen molar-refractivity contribution in [1.29, 1.82) is 0 Å². The van der Waals surface area contributed by atoms with Crippen LogP contribution in [0.25, 0.3) is 0 Å². The first-order valence-corrected chi connectivity index (χ1v) is 10.3. The van der Waals surface area contributed by atoms with Gasteiger partial charge in [0.15, 0.2) is 0 Å². The number of anilines is 1. The molecular formula is C18H30N4O3S. The van der Waals surface area contributed by atoms with Gasteiger partial charge in [-0.05, 0) is 37.0 Å². The number of benzene rings is 1. The highest BCUT2D eigenvalue weighted by Gasteiger charge is 2.42. The van der Waals surface area contributed by atoms with Crippen molar-refractivity contribution >= 4 is 21.6 Å². The van der Waals surface area contributed by atoms with Crippen LogP contribution in [0.3, 0.4) is 0 Å². The Bertz CT molecular complexity index is 731. The SMILES string of the molecule is CC1NNC(C)C1S(=O)(=O)N(C)CC(=O)Nc1ccc(C(C)(C)C)cc1. The lowest BCUT2D eigenvalue weighted by atomic mass is 9.87. The normalized spacial score (nSPS) is 24.0. The summed E-state index contributed by atoms with van der Waals surface area (Å²) in [6.45, 7) is 9.76. The van der Waals surface area contributed by atoms with Crippen LogP contribution in [-0.4, -0.2) is 49.6 Å². The van der Waals surface area contributed by atoms with Gasteiger partial charge in [-0.25, -0.2) is 8.42 Å². The van der Waals surface area contributed by atoms with Crippen molar-refractivity contribution in [2.24, 2.45) is 0 Å². The minimum atomic E-state index is -3.60. The zero-order valence-electron chi connectivity index (χ0n) is 16.3. The highest BCUT2D eigenvalue weighted by molar-refractivity contribution is 7.89. The van der Waals surface area contributed by atoms with Crippen LogP contribution < -0.4 is 16.2 Å². The number of sulfonamides is 1. The molecule has 7 nitrogen and oxygen atoms in total. The van der Waals surface area contributed by atoms with Crippen molar-refractivity contribution in [1.82, 2.24) is 15.2 Å². The Kier molecular flexibility index (Phi) is 6.12. The third-order valence-electron chi connectivity index (χ3n) is 4.70. The quantitative estimate of drug-likeness (QED) is 0.717. The zero-order valence-corrected chi connectivity index (χ0v) is 17.1. The van der Waals surface area contributed by atoms with Crippen molar-refractivity contribution in [3.63, 3.8) is 0 Å². The largest absolute Gasteiger partial charge is 0.325 e. The number of hydrazine groups is 1. The fraction of sp³-hybridized carbons (Fsp3) is 0.611. The number of rotatable bonds is 5. The lowest BCUT2D eigenvalue weighted by molar-refractivity contribution is -0.116. The van der Waals surface area contributed by atoms with Crippen LogP contribution in [-0.2, 0) is 20.2 Å². The molecule has 0 aliphatic carbocycles. The van der Waals surface area contributed by atoms with Crippen LogP contribution in [0.1, 0.15) is 40.2 Å². The van der Waals surface area contributed by atoms with Gasteiger partial charge < -0.3 is 5.32 Å². The molecule has 0 radical (unpaired) electrons. The van der Waals surface area contributed by atoms with E-state index >= 15 is 0 Å². The molecule has 146 valence electrons. The van der Waals surface area contributed by atoms with Crippen LogP contribution in [0.5, 0.6) is 0 Å². The van der Waals surface area contributed by atoms with Crippen molar-refractivity contribution in [3.8, 4) is 0 Å². The molecule has 1 aliphatic heterocycles. The van der Waals surface area contributed by atoms with Crippen LogP contribution >= 0.6 is 0 Å². The summed E-state index contributed by atoms with van der Waals surface area (Å²) in [7, 11) is -2.16. The van der Waals surface area contributed by atoms with Crippen molar-refractivity contribution < 1.29 is 13.2 Å². The monoisotopic (exact) mass is 382 g/mol. The molecule has 1 fully saturated rings. The minimum Gasteiger partial charge on any atom is -0.325 e. The molecule has 0 spiro atoms. The fourth-order valence-electron chi connectivity index (χ4n) is 3.13. The molecule has 2 atom stereocenters. The van der Waals surface area contributed by atoms with E-state index in [-0.39, 0.29) is 30.0 Å². The molecule has 8 heteroatoms. The molecule has 1 aromatic carbocycles. The maximum Gasteiger partial charge on any atom is 0.239 e. The van der Waals surface area contributed by atoms with Crippen molar-refractivity contribution in [2.45, 2.75) is 57.4 Å². The second kappa shape index (κ2) is 7.64. The van der Waals surface area contributed by atoms with Crippen LogP contribution in [0.4, 0.5) is 5.69 Å². The van der Waals surface area contributed by atoms with Crippen LogP contribution in [0.2, 0.25) is 0 Å². The highest BCUT2D eigenvalue weighted by atomic mass is 32.2. The lowest BCUT2D eigenvalue weighted by Crippen LogP contribution is -2.47. The van der Waals surface area contributed by atoms with Gasteiger partial charge in [-0.3, -0.25) is 15.6 Å². The topological polar surface area (TPSA) is 90.5 Å². The number of nitrogens with one attached hydrogen (secondary N) is 3. The molecule has 1 amide bonds. The second-order valence-electron chi connectivity index (χ2n) is 8.01. The van der Waals surface area contributed by atoms with E-state index < -0.39 is 15.3 Å². The van der Waals surface area contributed by atoms with E-state index in [1.807, 2.05) is 38.1 Å². The molecule has 2 rings (SSSR count). The summed E-state index contributed by atoms with van der Waals surface area (Å²) in [4.78, 5) is 12.3. The number of amides is 1. The fourth-order valence-corrected chi connectivity index (χ4v) is 5.01. The van der Waals surface area contributed by atoms with E-state index in [1.165, 1.54) is 12.6 Å². The predicted molar refractivity (Wildman–Crippen MR) is 104 cm³/mol.